The lowest BCUT2D eigenvalue weighted by atomic mass is 9.95. The summed E-state index contributed by atoms with van der Waals surface area (Å²) in [6.45, 7) is 7.22. The monoisotopic (exact) mass is 357 g/mol. The Kier molecular flexibility index (Phi) is 5.01. The minimum Gasteiger partial charge on any atom is -0.314 e. The van der Waals surface area contributed by atoms with Crippen molar-refractivity contribution < 1.29 is 0 Å². The van der Waals surface area contributed by atoms with E-state index in [1.807, 2.05) is 41.3 Å². The molecule has 0 unspecified atom stereocenters. The Morgan fingerprint density at radius 3 is 2.74 bits per heavy atom. The molecule has 3 aromatic rings. The molecule has 1 N–H and O–H groups in total. The van der Waals surface area contributed by atoms with E-state index in [2.05, 4.69) is 46.5 Å². The first-order valence-electron chi connectivity index (χ1n) is 9.32. The molecule has 1 saturated heterocycles. The van der Waals surface area contributed by atoms with Gasteiger partial charge in [0.05, 0.1) is 17.3 Å². The van der Waals surface area contributed by atoms with E-state index < -0.39 is 0 Å². The summed E-state index contributed by atoms with van der Waals surface area (Å²) in [6.07, 6.45) is 3.81. The van der Waals surface area contributed by atoms with Crippen molar-refractivity contribution >= 4 is 0 Å². The van der Waals surface area contributed by atoms with Crippen molar-refractivity contribution in [3.8, 4) is 22.9 Å². The third-order valence-electron chi connectivity index (χ3n) is 5.14. The zero-order valence-electron chi connectivity index (χ0n) is 15.5. The Morgan fingerprint density at radius 1 is 1.15 bits per heavy atom. The highest BCUT2D eigenvalue weighted by atomic mass is 15.3. The van der Waals surface area contributed by atoms with E-state index in [1.54, 1.807) is 0 Å². The number of hydrogen-bond donors (Lipinski definition) is 1. The second-order valence-electron chi connectivity index (χ2n) is 6.93. The maximum atomic E-state index is 9.30. The summed E-state index contributed by atoms with van der Waals surface area (Å²) < 4.78 is 1.96. The Hall–Kier alpha value is -2.94. The molecule has 1 fully saturated rings. The zero-order chi connectivity index (χ0) is 18.6. The summed E-state index contributed by atoms with van der Waals surface area (Å²) in [5, 5.41) is 17.2. The average molecular weight is 357 g/mol. The highest BCUT2D eigenvalue weighted by Gasteiger charge is 2.19. The minimum atomic E-state index is 0.670. The van der Waals surface area contributed by atoms with Gasteiger partial charge < -0.3 is 5.32 Å². The molecule has 0 saturated carbocycles. The van der Waals surface area contributed by atoms with Crippen molar-refractivity contribution in [2.45, 2.75) is 13.5 Å². The van der Waals surface area contributed by atoms with Gasteiger partial charge in [0, 0.05) is 50.7 Å². The van der Waals surface area contributed by atoms with Crippen LogP contribution in [0.1, 0.15) is 16.7 Å². The van der Waals surface area contributed by atoms with Gasteiger partial charge in [-0.2, -0.15) is 10.4 Å². The van der Waals surface area contributed by atoms with Gasteiger partial charge in [-0.15, -0.1) is 0 Å². The van der Waals surface area contributed by atoms with E-state index in [9.17, 15) is 5.26 Å². The molecule has 136 valence electrons. The first-order chi connectivity index (χ1) is 13.3. The number of rotatable bonds is 4. The fourth-order valence-electron chi connectivity index (χ4n) is 3.68. The molecule has 1 aliphatic heterocycles. The normalized spacial score (nSPS) is 14.8. The van der Waals surface area contributed by atoms with Crippen LogP contribution in [0.5, 0.6) is 0 Å². The Labute approximate surface area is 159 Å². The fraction of sp³-hybridized carbons (Fsp3) is 0.273. The first-order valence-corrected chi connectivity index (χ1v) is 9.32. The van der Waals surface area contributed by atoms with Gasteiger partial charge in [-0.1, -0.05) is 24.3 Å². The van der Waals surface area contributed by atoms with Crippen LogP contribution >= 0.6 is 0 Å². The van der Waals surface area contributed by atoms with Gasteiger partial charge in [-0.25, -0.2) is 4.68 Å². The Morgan fingerprint density at radius 2 is 2.00 bits per heavy atom. The van der Waals surface area contributed by atoms with E-state index in [0.29, 0.717) is 5.56 Å². The number of benzene rings is 2. The minimum absolute atomic E-state index is 0.670. The summed E-state index contributed by atoms with van der Waals surface area (Å²) in [5.41, 5.74) is 6.48. The Bertz CT molecular complexity index is 963. The lowest BCUT2D eigenvalue weighted by Crippen LogP contribution is -2.43. The number of aromatic nitrogens is 2. The van der Waals surface area contributed by atoms with E-state index in [1.165, 1.54) is 11.1 Å². The lowest BCUT2D eigenvalue weighted by molar-refractivity contribution is 0.232. The molecule has 0 atom stereocenters. The average Bonchev–Trinajstić information content (AvgIpc) is 3.24. The van der Waals surface area contributed by atoms with Crippen molar-refractivity contribution in [3.05, 3.63) is 71.5 Å². The molecular weight excluding hydrogens is 334 g/mol. The van der Waals surface area contributed by atoms with Crippen LogP contribution in [-0.4, -0.2) is 40.9 Å². The molecule has 0 aliphatic carbocycles. The van der Waals surface area contributed by atoms with Crippen LogP contribution in [0.15, 0.2) is 54.9 Å². The van der Waals surface area contributed by atoms with E-state index >= 15 is 0 Å². The largest absolute Gasteiger partial charge is 0.314 e. The third kappa shape index (κ3) is 3.63. The summed E-state index contributed by atoms with van der Waals surface area (Å²) in [7, 11) is 0. The van der Waals surface area contributed by atoms with Crippen LogP contribution in [0.3, 0.4) is 0 Å². The molecule has 0 radical (unpaired) electrons. The van der Waals surface area contributed by atoms with Crippen molar-refractivity contribution in [1.82, 2.24) is 20.0 Å². The molecule has 4 rings (SSSR count). The second kappa shape index (κ2) is 7.75. The van der Waals surface area contributed by atoms with Crippen LogP contribution in [-0.2, 0) is 6.54 Å². The molecule has 1 aliphatic rings. The van der Waals surface area contributed by atoms with Gasteiger partial charge in [-0.3, -0.25) is 4.90 Å². The predicted octanol–water partition coefficient (Wildman–Crippen LogP) is 3.12. The van der Waals surface area contributed by atoms with Gasteiger partial charge in [0.25, 0.3) is 0 Å². The van der Waals surface area contributed by atoms with Gasteiger partial charge in [0.2, 0.25) is 0 Å². The van der Waals surface area contributed by atoms with E-state index in [4.69, 9.17) is 0 Å². The molecule has 1 aromatic heterocycles. The molecule has 5 nitrogen and oxygen atoms in total. The highest BCUT2D eigenvalue weighted by molar-refractivity contribution is 5.76. The van der Waals surface area contributed by atoms with Crippen molar-refractivity contribution in [1.29, 1.82) is 5.26 Å². The molecule has 2 heterocycles. The summed E-state index contributed by atoms with van der Waals surface area (Å²) >= 11 is 0. The zero-order valence-corrected chi connectivity index (χ0v) is 15.5. The van der Waals surface area contributed by atoms with Crippen LogP contribution in [0.4, 0.5) is 0 Å². The molecule has 0 bridgehead atoms. The van der Waals surface area contributed by atoms with Crippen LogP contribution < -0.4 is 5.32 Å². The maximum Gasteiger partial charge on any atom is 0.0991 e. The van der Waals surface area contributed by atoms with Crippen molar-refractivity contribution in [2.24, 2.45) is 0 Å². The van der Waals surface area contributed by atoms with Crippen LogP contribution in [0.25, 0.3) is 16.8 Å². The van der Waals surface area contributed by atoms with Crippen LogP contribution in [0.2, 0.25) is 0 Å². The summed E-state index contributed by atoms with van der Waals surface area (Å²) in [4.78, 5) is 2.49. The van der Waals surface area contributed by atoms with Gasteiger partial charge in [0.1, 0.15) is 0 Å². The van der Waals surface area contributed by atoms with Crippen LogP contribution in [0, 0.1) is 18.3 Å². The SMILES string of the molecule is Cc1ccc(-c2cccc(C#N)c2)c(-n2cccn2)c1CN1CCNCC1. The molecule has 0 amide bonds. The molecular formula is C22H23N5. The quantitative estimate of drug-likeness (QED) is 0.779. The number of aryl methyl sites for hydroxylation is 1. The number of hydrogen-bond acceptors (Lipinski definition) is 4. The summed E-state index contributed by atoms with van der Waals surface area (Å²) in [6, 6.07) is 16.3. The second-order valence-corrected chi connectivity index (χ2v) is 6.93. The fourth-order valence-corrected chi connectivity index (χ4v) is 3.68. The standard InChI is InChI=1S/C22H23N5/c1-17-6-7-20(19-5-2-4-18(14-19)15-23)22(27-11-3-8-25-27)21(17)16-26-12-9-24-10-13-26/h2-8,11,14,24H,9-10,12-13,16H2,1H3. The van der Waals surface area contributed by atoms with E-state index in [0.717, 1.165) is 49.5 Å². The third-order valence-corrected chi connectivity index (χ3v) is 5.14. The van der Waals surface area contributed by atoms with Crippen molar-refractivity contribution in [3.63, 3.8) is 0 Å². The number of nitrogens with zero attached hydrogens (tertiary/aromatic N) is 4. The number of nitriles is 1. The smallest absolute Gasteiger partial charge is 0.0991 e. The molecule has 5 heteroatoms. The van der Waals surface area contributed by atoms with Gasteiger partial charge >= 0.3 is 0 Å². The molecule has 0 spiro atoms. The first kappa shape index (κ1) is 17.5. The molecule has 27 heavy (non-hydrogen) atoms. The van der Waals surface area contributed by atoms with Crippen molar-refractivity contribution in [2.75, 3.05) is 26.2 Å². The summed E-state index contributed by atoms with van der Waals surface area (Å²) in [5.74, 6) is 0. The lowest BCUT2D eigenvalue weighted by Gasteiger charge is -2.29. The topological polar surface area (TPSA) is 56.9 Å². The maximum absolute atomic E-state index is 9.30. The predicted molar refractivity (Wildman–Crippen MR) is 107 cm³/mol. The number of piperazine rings is 1. The van der Waals surface area contributed by atoms with Gasteiger partial charge in [-0.05, 0) is 41.8 Å². The number of nitrogens with one attached hydrogen (secondary N) is 1. The molecule has 2 aromatic carbocycles. The highest BCUT2D eigenvalue weighted by Crippen LogP contribution is 2.32. The Balaban J connectivity index is 1.86. The van der Waals surface area contributed by atoms with E-state index in [-0.39, 0.29) is 0 Å². The van der Waals surface area contributed by atoms with Gasteiger partial charge in [0.15, 0.2) is 0 Å².